The van der Waals surface area contributed by atoms with Crippen molar-refractivity contribution in [1.29, 1.82) is 5.26 Å². The van der Waals surface area contributed by atoms with E-state index in [2.05, 4.69) is 11.4 Å². The van der Waals surface area contributed by atoms with Gasteiger partial charge >= 0.3 is 5.97 Å². The van der Waals surface area contributed by atoms with E-state index in [9.17, 15) is 14.9 Å². The Kier molecular flexibility index (Phi) is 7.33. The Morgan fingerprint density at radius 1 is 1.09 bits per heavy atom. The highest BCUT2D eigenvalue weighted by Crippen LogP contribution is 2.30. The number of nitrogens with one attached hydrogen (secondary N) is 1. The normalized spacial score (nSPS) is 14.9. The number of nitrogens with zero attached hydrogens (tertiary/aromatic N) is 4. The molecule has 1 saturated heterocycles. The topological polar surface area (TPSA) is 108 Å². The highest BCUT2D eigenvalue weighted by molar-refractivity contribution is 5.89. The van der Waals surface area contributed by atoms with Gasteiger partial charge in [-0.1, -0.05) is 42.5 Å². The van der Waals surface area contributed by atoms with Crippen LogP contribution in [0.25, 0.3) is 11.0 Å². The molecule has 3 aromatic rings. The van der Waals surface area contributed by atoms with Crippen molar-refractivity contribution in [2.24, 2.45) is 5.92 Å². The number of para-hydroxylation sites is 2. The molecule has 34 heavy (non-hydrogen) atoms. The van der Waals surface area contributed by atoms with Gasteiger partial charge in [-0.2, -0.15) is 5.26 Å². The Labute approximate surface area is 198 Å². The summed E-state index contributed by atoms with van der Waals surface area (Å²) in [5.41, 5.74) is 2.77. The quantitative estimate of drug-likeness (QED) is 0.543. The third-order valence-electron chi connectivity index (χ3n) is 6.13. The number of amides is 1. The van der Waals surface area contributed by atoms with E-state index in [0.717, 1.165) is 5.56 Å². The minimum Gasteiger partial charge on any atom is -0.469 e. The molecule has 8 nitrogen and oxygen atoms in total. The molecule has 1 aliphatic rings. The summed E-state index contributed by atoms with van der Waals surface area (Å²) in [7, 11) is 1.40. The maximum Gasteiger partial charge on any atom is 0.308 e. The zero-order valence-electron chi connectivity index (χ0n) is 19.1. The largest absolute Gasteiger partial charge is 0.469 e. The van der Waals surface area contributed by atoms with E-state index in [4.69, 9.17) is 14.7 Å². The number of hydrogen-bond donors (Lipinski definition) is 1. The van der Waals surface area contributed by atoms with E-state index in [0.29, 0.717) is 61.4 Å². The highest BCUT2D eigenvalue weighted by atomic mass is 16.5. The van der Waals surface area contributed by atoms with Gasteiger partial charge in [0.05, 0.1) is 30.1 Å². The molecular formula is C26H27N5O3. The zero-order valence-corrected chi connectivity index (χ0v) is 19.1. The Morgan fingerprint density at radius 2 is 1.74 bits per heavy atom. The number of esters is 1. The van der Waals surface area contributed by atoms with Crippen molar-refractivity contribution in [3.8, 4) is 6.07 Å². The number of fused-ring (bicyclic) bond motifs is 1. The molecule has 1 aromatic heterocycles. The molecule has 1 amide bonds. The van der Waals surface area contributed by atoms with Crippen LogP contribution in [0.5, 0.6) is 0 Å². The van der Waals surface area contributed by atoms with E-state index in [1.54, 1.807) is 0 Å². The molecule has 0 saturated carbocycles. The second-order valence-corrected chi connectivity index (χ2v) is 8.29. The first-order chi connectivity index (χ1) is 16.6. The van der Waals surface area contributed by atoms with Gasteiger partial charge in [0.15, 0.2) is 11.7 Å². The molecular weight excluding hydrogens is 430 g/mol. The van der Waals surface area contributed by atoms with Gasteiger partial charge in [0, 0.05) is 19.6 Å². The first kappa shape index (κ1) is 23.2. The fraction of sp³-hybridized carbons (Fsp3) is 0.346. The van der Waals surface area contributed by atoms with Crippen LogP contribution in [0.15, 0.2) is 54.6 Å². The third-order valence-corrected chi connectivity index (χ3v) is 6.13. The number of nitriles is 1. The van der Waals surface area contributed by atoms with Crippen LogP contribution in [0.3, 0.4) is 0 Å². The molecule has 0 spiro atoms. The molecule has 174 valence electrons. The summed E-state index contributed by atoms with van der Waals surface area (Å²) in [6.45, 7) is 1.54. The van der Waals surface area contributed by atoms with Crippen molar-refractivity contribution in [3.63, 3.8) is 0 Å². The first-order valence-electron chi connectivity index (χ1n) is 11.4. The van der Waals surface area contributed by atoms with E-state index < -0.39 is 11.8 Å². The maximum atomic E-state index is 13.0. The van der Waals surface area contributed by atoms with E-state index in [1.165, 1.54) is 7.11 Å². The van der Waals surface area contributed by atoms with Crippen LogP contribution in [0.2, 0.25) is 0 Å². The van der Waals surface area contributed by atoms with Crippen molar-refractivity contribution in [3.05, 3.63) is 65.9 Å². The van der Waals surface area contributed by atoms with Crippen molar-refractivity contribution in [2.75, 3.05) is 31.6 Å². The Morgan fingerprint density at radius 3 is 2.38 bits per heavy atom. The van der Waals surface area contributed by atoms with Crippen LogP contribution in [-0.2, 0) is 20.7 Å². The average molecular weight is 458 g/mol. The molecule has 1 atom stereocenters. The lowest BCUT2D eigenvalue weighted by atomic mass is 9.96. The van der Waals surface area contributed by atoms with Crippen molar-refractivity contribution in [2.45, 2.75) is 25.2 Å². The van der Waals surface area contributed by atoms with Crippen LogP contribution in [0.4, 0.5) is 5.82 Å². The first-order valence-corrected chi connectivity index (χ1v) is 11.4. The number of benzene rings is 2. The monoisotopic (exact) mass is 457 g/mol. The molecule has 8 heteroatoms. The summed E-state index contributed by atoms with van der Waals surface area (Å²) in [5.74, 6) is -1.34. The predicted octanol–water partition coefficient (Wildman–Crippen LogP) is 2.99. The van der Waals surface area contributed by atoms with Crippen molar-refractivity contribution >= 4 is 28.7 Å². The van der Waals surface area contributed by atoms with Crippen LogP contribution in [0, 0.1) is 17.2 Å². The summed E-state index contributed by atoms with van der Waals surface area (Å²) in [5, 5.41) is 12.8. The van der Waals surface area contributed by atoms with E-state index in [1.807, 2.05) is 59.5 Å². The van der Waals surface area contributed by atoms with Crippen LogP contribution < -0.4 is 10.2 Å². The molecule has 1 fully saturated rings. The highest BCUT2D eigenvalue weighted by Gasteiger charge is 2.32. The number of rotatable bonds is 7. The molecule has 1 unspecified atom stereocenters. The predicted molar refractivity (Wildman–Crippen MR) is 128 cm³/mol. The van der Waals surface area contributed by atoms with Gasteiger partial charge in [-0.05, 0) is 37.0 Å². The lowest BCUT2D eigenvalue weighted by molar-refractivity contribution is -0.146. The number of hydrogen-bond acceptors (Lipinski definition) is 7. The second kappa shape index (κ2) is 10.8. The fourth-order valence-corrected chi connectivity index (χ4v) is 4.25. The van der Waals surface area contributed by atoms with Crippen LogP contribution >= 0.6 is 0 Å². The number of anilines is 1. The summed E-state index contributed by atoms with van der Waals surface area (Å²) in [4.78, 5) is 36.5. The van der Waals surface area contributed by atoms with Crippen molar-refractivity contribution < 1.29 is 14.3 Å². The fourth-order valence-electron chi connectivity index (χ4n) is 4.25. The van der Waals surface area contributed by atoms with Gasteiger partial charge < -0.3 is 15.0 Å². The zero-order chi connectivity index (χ0) is 23.9. The van der Waals surface area contributed by atoms with E-state index >= 15 is 0 Å². The minimum absolute atomic E-state index is 0.161. The molecule has 4 rings (SSSR count). The summed E-state index contributed by atoms with van der Waals surface area (Å²) >= 11 is 0. The molecule has 1 aliphatic heterocycles. The van der Waals surface area contributed by atoms with Gasteiger partial charge in [-0.3, -0.25) is 9.59 Å². The van der Waals surface area contributed by atoms with Gasteiger partial charge in [0.1, 0.15) is 5.69 Å². The number of aromatic nitrogens is 2. The number of ether oxygens (including phenoxy) is 1. The number of carbonyl (C=O) groups is 2. The van der Waals surface area contributed by atoms with E-state index in [-0.39, 0.29) is 11.9 Å². The average Bonchev–Trinajstić information content (AvgIpc) is 2.89. The lowest BCUT2D eigenvalue weighted by Crippen LogP contribution is -2.39. The van der Waals surface area contributed by atoms with Gasteiger partial charge in [0.2, 0.25) is 5.91 Å². The second-order valence-electron chi connectivity index (χ2n) is 8.29. The van der Waals surface area contributed by atoms with Crippen LogP contribution in [-0.4, -0.2) is 48.6 Å². The molecule has 0 aliphatic carbocycles. The smallest absolute Gasteiger partial charge is 0.308 e. The van der Waals surface area contributed by atoms with Crippen LogP contribution in [0.1, 0.15) is 30.0 Å². The molecule has 0 bridgehead atoms. The molecule has 2 aromatic carbocycles. The third kappa shape index (κ3) is 5.15. The number of carbonyl (C=O) groups excluding carboxylic acids is 2. The maximum absolute atomic E-state index is 13.0. The summed E-state index contributed by atoms with van der Waals surface area (Å²) in [6.07, 6.45) is 1.89. The van der Waals surface area contributed by atoms with Gasteiger partial charge in [0.25, 0.3) is 0 Å². The van der Waals surface area contributed by atoms with Gasteiger partial charge in [-0.25, -0.2) is 9.97 Å². The Hall–Kier alpha value is -3.99. The Balaban J connectivity index is 1.57. The summed E-state index contributed by atoms with van der Waals surface area (Å²) < 4.78 is 4.89. The molecule has 2 heterocycles. The standard InChI is InChI=1S/C26H27N5O3/c1-34-26(33)19-12-15-31(16-13-19)24-23(29-21-9-5-6-10-22(21)30-24)20(17-27)25(32)28-14-11-18-7-3-2-4-8-18/h2-10,19-20H,11-16H2,1H3,(H,28,32). The number of methoxy groups -OCH3 is 1. The molecule has 1 N–H and O–H groups in total. The Bertz CT molecular complexity index is 1200. The minimum atomic E-state index is -1.10. The number of piperidine rings is 1. The van der Waals surface area contributed by atoms with Crippen molar-refractivity contribution in [1.82, 2.24) is 15.3 Å². The van der Waals surface area contributed by atoms with Gasteiger partial charge in [-0.15, -0.1) is 0 Å². The SMILES string of the molecule is COC(=O)C1CCN(c2nc3ccccc3nc2C(C#N)C(=O)NCCc2ccccc2)CC1. The molecule has 0 radical (unpaired) electrons. The summed E-state index contributed by atoms with van der Waals surface area (Å²) in [6, 6.07) is 19.4. The lowest BCUT2D eigenvalue weighted by Gasteiger charge is -2.33.